The number of anilines is 1. The van der Waals surface area contributed by atoms with Gasteiger partial charge >= 0.3 is 0 Å². The van der Waals surface area contributed by atoms with E-state index in [2.05, 4.69) is 35.8 Å². The highest BCUT2D eigenvalue weighted by Gasteiger charge is 2.24. The Bertz CT molecular complexity index is 1030. The number of nitrogens with zero attached hydrogens (tertiary/aromatic N) is 3. The molecule has 0 saturated carbocycles. The van der Waals surface area contributed by atoms with Crippen molar-refractivity contribution in [2.24, 2.45) is 10.7 Å². The molecule has 10 heteroatoms. The molecule has 1 atom stereocenters. The van der Waals surface area contributed by atoms with E-state index in [1.54, 1.807) is 0 Å². The highest BCUT2D eigenvalue weighted by atomic mass is 79.9. The average molecular weight is 462 g/mol. The second-order valence-electron chi connectivity index (χ2n) is 5.90. The van der Waals surface area contributed by atoms with Gasteiger partial charge in [-0.1, -0.05) is 40.2 Å². The van der Waals surface area contributed by atoms with Crippen LogP contribution in [0.4, 0.5) is 5.95 Å². The van der Waals surface area contributed by atoms with Crippen LogP contribution >= 0.6 is 15.9 Å². The van der Waals surface area contributed by atoms with Crippen molar-refractivity contribution in [2.75, 3.05) is 5.32 Å². The third kappa shape index (κ3) is 6.04. The number of carbonyl (C=O) groups is 2. The van der Waals surface area contributed by atoms with Crippen LogP contribution in [0.2, 0.25) is 0 Å². The predicted molar refractivity (Wildman–Crippen MR) is 114 cm³/mol. The number of hydrogen-bond acceptors (Lipinski definition) is 6. The predicted octanol–water partition coefficient (Wildman–Crippen LogP) is 3.27. The number of carboxylic acids is 2. The number of fused-ring (bicyclic) bond motifs is 3. The maximum Gasteiger partial charge on any atom is 0.300 e. The van der Waals surface area contributed by atoms with E-state index in [-0.39, 0.29) is 6.17 Å². The topological polar surface area (TPSA) is 143 Å². The second-order valence-corrected chi connectivity index (χ2v) is 6.81. The third-order valence-corrected chi connectivity index (χ3v) is 4.04. The minimum atomic E-state index is -0.833. The molecule has 1 aromatic heterocycles. The summed E-state index contributed by atoms with van der Waals surface area (Å²) in [7, 11) is 0. The lowest BCUT2D eigenvalue weighted by Gasteiger charge is -2.23. The van der Waals surface area contributed by atoms with Gasteiger partial charge < -0.3 is 15.9 Å². The third-order valence-electron chi connectivity index (χ3n) is 3.51. The number of aliphatic carboxylic acids is 2. The Hall–Kier alpha value is -3.40. The maximum absolute atomic E-state index is 9.00. The Morgan fingerprint density at radius 1 is 1.07 bits per heavy atom. The monoisotopic (exact) mass is 461 g/mol. The van der Waals surface area contributed by atoms with Gasteiger partial charge in [0, 0.05) is 18.3 Å². The Kier molecular flexibility index (Phi) is 7.32. The maximum atomic E-state index is 9.00. The Morgan fingerprint density at radius 3 is 2.21 bits per heavy atom. The van der Waals surface area contributed by atoms with Crippen molar-refractivity contribution in [1.82, 2.24) is 9.55 Å². The highest BCUT2D eigenvalue weighted by Crippen LogP contribution is 2.32. The lowest BCUT2D eigenvalue weighted by Crippen LogP contribution is -2.31. The van der Waals surface area contributed by atoms with E-state index in [1.807, 2.05) is 48.5 Å². The number of guanidine groups is 1. The smallest absolute Gasteiger partial charge is 0.300 e. The molecule has 9 nitrogen and oxygen atoms in total. The fraction of sp³-hybridized carbons (Fsp3) is 0.158. The van der Waals surface area contributed by atoms with Crippen LogP contribution in [-0.4, -0.2) is 37.7 Å². The molecule has 0 aliphatic carbocycles. The second kappa shape index (κ2) is 9.69. The molecular formula is C19H20BrN5O4. The van der Waals surface area contributed by atoms with Crippen molar-refractivity contribution >= 4 is 50.8 Å². The number of rotatable bonds is 1. The molecule has 0 saturated heterocycles. The first-order valence-corrected chi connectivity index (χ1v) is 9.20. The molecule has 5 N–H and O–H groups in total. The molecule has 0 bridgehead atoms. The first-order chi connectivity index (χ1) is 13.7. The normalized spacial score (nSPS) is 14.2. The number of nitrogens with two attached hydrogens (primary N) is 1. The molecule has 152 valence electrons. The summed E-state index contributed by atoms with van der Waals surface area (Å²) in [6.45, 7) is 2.17. The molecule has 0 fully saturated rings. The van der Waals surface area contributed by atoms with Crippen molar-refractivity contribution in [1.29, 1.82) is 0 Å². The van der Waals surface area contributed by atoms with Crippen LogP contribution in [-0.2, 0) is 9.59 Å². The van der Waals surface area contributed by atoms with Gasteiger partial charge in [-0.15, -0.1) is 0 Å². The molecule has 1 aliphatic rings. The van der Waals surface area contributed by atoms with Gasteiger partial charge in [-0.3, -0.25) is 19.5 Å². The number of para-hydroxylation sites is 2. The zero-order chi connectivity index (χ0) is 21.6. The number of hydrogen-bond donors (Lipinski definition) is 4. The molecule has 3 aromatic rings. The number of carboxylic acid groups (broad SMARTS) is 2. The molecule has 4 rings (SSSR count). The number of imidazole rings is 1. The van der Waals surface area contributed by atoms with Crippen LogP contribution in [0.3, 0.4) is 0 Å². The van der Waals surface area contributed by atoms with Gasteiger partial charge in [0.25, 0.3) is 11.9 Å². The molecule has 2 heterocycles. The summed E-state index contributed by atoms with van der Waals surface area (Å²) < 4.78 is 3.10. The number of nitrogens with one attached hydrogen (secondary N) is 1. The van der Waals surface area contributed by atoms with Crippen molar-refractivity contribution in [2.45, 2.75) is 20.0 Å². The molecule has 0 spiro atoms. The highest BCUT2D eigenvalue weighted by molar-refractivity contribution is 9.10. The summed E-state index contributed by atoms with van der Waals surface area (Å²) >= 11 is 3.45. The van der Waals surface area contributed by atoms with Crippen LogP contribution in [0.15, 0.2) is 58.0 Å². The lowest BCUT2D eigenvalue weighted by atomic mass is 10.1. The summed E-state index contributed by atoms with van der Waals surface area (Å²) in [6, 6.07) is 16.1. The van der Waals surface area contributed by atoms with Gasteiger partial charge in [0.2, 0.25) is 5.95 Å². The summed E-state index contributed by atoms with van der Waals surface area (Å²) in [4.78, 5) is 27.1. The van der Waals surface area contributed by atoms with Crippen LogP contribution < -0.4 is 11.1 Å². The number of benzene rings is 2. The van der Waals surface area contributed by atoms with Crippen molar-refractivity contribution in [3.05, 3.63) is 58.6 Å². The molecule has 29 heavy (non-hydrogen) atoms. The number of halogens is 1. The minimum absolute atomic E-state index is 0.207. The Morgan fingerprint density at radius 2 is 1.62 bits per heavy atom. The van der Waals surface area contributed by atoms with Gasteiger partial charge in [-0.25, -0.2) is 9.98 Å². The standard InChI is InChI=1S/C15H12BrN5.2C2H4O2/c16-10-7-5-9(6-8-10)13-19-14(17)20-15-18-11-3-1-2-4-12(11)21(13)15;2*1-2(3)4/h1-8,13H,(H3,17,18,19,20);2*1H3,(H,3,4). The summed E-state index contributed by atoms with van der Waals surface area (Å²) in [5.41, 5.74) is 8.92. The summed E-state index contributed by atoms with van der Waals surface area (Å²) in [5.74, 6) is -0.567. The van der Waals surface area contributed by atoms with E-state index in [0.717, 1.165) is 40.9 Å². The molecule has 2 aromatic carbocycles. The van der Waals surface area contributed by atoms with Crippen LogP contribution in [0.25, 0.3) is 11.0 Å². The van der Waals surface area contributed by atoms with Crippen LogP contribution in [0, 0.1) is 0 Å². The van der Waals surface area contributed by atoms with E-state index >= 15 is 0 Å². The Balaban J connectivity index is 0.000000324. The minimum Gasteiger partial charge on any atom is -0.481 e. The SMILES string of the molecule is CC(=O)O.CC(=O)O.NC1=NC(c2ccc(Br)cc2)n2c(nc3ccccc32)N1. The fourth-order valence-corrected chi connectivity index (χ4v) is 2.84. The lowest BCUT2D eigenvalue weighted by molar-refractivity contribution is -0.135. The van der Waals surface area contributed by atoms with Crippen LogP contribution in [0.5, 0.6) is 0 Å². The van der Waals surface area contributed by atoms with Crippen molar-refractivity contribution < 1.29 is 19.8 Å². The summed E-state index contributed by atoms with van der Waals surface area (Å²) in [5, 5.41) is 17.9. The van der Waals surface area contributed by atoms with E-state index < -0.39 is 11.9 Å². The number of aromatic nitrogens is 2. The Labute approximate surface area is 175 Å². The largest absolute Gasteiger partial charge is 0.481 e. The van der Waals surface area contributed by atoms with E-state index in [4.69, 9.17) is 25.5 Å². The summed E-state index contributed by atoms with van der Waals surface area (Å²) in [6.07, 6.45) is -0.207. The van der Waals surface area contributed by atoms with E-state index in [1.165, 1.54) is 0 Å². The molecule has 1 unspecified atom stereocenters. The first-order valence-electron chi connectivity index (χ1n) is 8.40. The first kappa shape index (κ1) is 21.9. The number of aliphatic imine (C=N–C) groups is 1. The van der Waals surface area contributed by atoms with Crippen LogP contribution in [0.1, 0.15) is 25.6 Å². The molecule has 1 aliphatic heterocycles. The van der Waals surface area contributed by atoms with E-state index in [9.17, 15) is 0 Å². The van der Waals surface area contributed by atoms with Crippen molar-refractivity contribution in [3.8, 4) is 0 Å². The molecule has 0 radical (unpaired) electrons. The molecular weight excluding hydrogens is 442 g/mol. The zero-order valence-electron chi connectivity index (χ0n) is 15.7. The zero-order valence-corrected chi connectivity index (χ0v) is 17.3. The molecule has 0 amide bonds. The van der Waals surface area contributed by atoms with Gasteiger partial charge in [-0.2, -0.15) is 0 Å². The fourth-order valence-electron chi connectivity index (χ4n) is 2.58. The van der Waals surface area contributed by atoms with E-state index in [0.29, 0.717) is 5.96 Å². The van der Waals surface area contributed by atoms with Gasteiger partial charge in [-0.05, 0) is 29.8 Å². The van der Waals surface area contributed by atoms with Crippen molar-refractivity contribution in [3.63, 3.8) is 0 Å². The van der Waals surface area contributed by atoms with Gasteiger partial charge in [0.15, 0.2) is 12.1 Å². The van der Waals surface area contributed by atoms with Gasteiger partial charge in [0.1, 0.15) is 0 Å². The van der Waals surface area contributed by atoms with Gasteiger partial charge in [0.05, 0.1) is 11.0 Å². The quantitative estimate of drug-likeness (QED) is 0.435. The average Bonchev–Trinajstić information content (AvgIpc) is 2.99.